The Morgan fingerprint density at radius 1 is 1.19 bits per heavy atom. The molecule has 2 N–H and O–H groups in total. The van der Waals surface area contributed by atoms with Crippen LogP contribution in [-0.4, -0.2) is 23.5 Å². The largest absolute Gasteiger partial charge is 0.480 e. The molecule has 0 bridgehead atoms. The minimum atomic E-state index is -1.69. The molecule has 0 radical (unpaired) electrons. The zero-order valence-electron chi connectivity index (χ0n) is 7.76. The Labute approximate surface area is 87.7 Å². The van der Waals surface area contributed by atoms with Gasteiger partial charge in [0.25, 0.3) is 5.91 Å². The molecule has 0 aliphatic rings. The van der Waals surface area contributed by atoms with Crippen molar-refractivity contribution in [1.82, 2.24) is 5.32 Å². The third-order valence-electron chi connectivity index (χ3n) is 1.65. The summed E-state index contributed by atoms with van der Waals surface area (Å²) in [6, 6.07) is 0.963. The van der Waals surface area contributed by atoms with Gasteiger partial charge in [0.05, 0.1) is 0 Å². The van der Waals surface area contributed by atoms with Crippen LogP contribution in [0.2, 0.25) is 0 Å². The third-order valence-corrected chi connectivity index (χ3v) is 1.65. The van der Waals surface area contributed by atoms with Crippen molar-refractivity contribution < 1.29 is 27.9 Å². The van der Waals surface area contributed by atoms with Crippen LogP contribution in [0.25, 0.3) is 0 Å². The van der Waals surface area contributed by atoms with Crippen LogP contribution in [0.3, 0.4) is 0 Å². The lowest BCUT2D eigenvalue weighted by molar-refractivity contribution is -0.135. The highest BCUT2D eigenvalue weighted by Gasteiger charge is 2.15. The highest BCUT2D eigenvalue weighted by molar-refractivity contribution is 5.95. The average molecular weight is 233 g/mol. The Hall–Kier alpha value is -2.05. The summed E-state index contributed by atoms with van der Waals surface area (Å²) in [6.07, 6.45) is 0. The molecule has 1 aromatic carbocycles. The minimum absolute atomic E-state index is 0.482. The molecule has 1 rings (SSSR count). The van der Waals surface area contributed by atoms with Crippen LogP contribution in [0.5, 0.6) is 0 Å². The number of carboxylic acids is 1. The molecule has 16 heavy (non-hydrogen) atoms. The number of nitrogens with one attached hydrogen (secondary N) is 1. The van der Waals surface area contributed by atoms with Crippen molar-refractivity contribution in [3.05, 3.63) is 35.1 Å². The van der Waals surface area contributed by atoms with Crippen molar-refractivity contribution in [2.24, 2.45) is 0 Å². The van der Waals surface area contributed by atoms with Crippen molar-refractivity contribution in [3.8, 4) is 0 Å². The predicted molar refractivity (Wildman–Crippen MR) is 46.3 cm³/mol. The maximum atomic E-state index is 12.7. The first-order valence-electron chi connectivity index (χ1n) is 4.06. The molecule has 0 saturated heterocycles. The van der Waals surface area contributed by atoms with Gasteiger partial charge in [-0.1, -0.05) is 0 Å². The first-order valence-corrected chi connectivity index (χ1v) is 4.06. The molecule has 0 aliphatic heterocycles. The van der Waals surface area contributed by atoms with Crippen LogP contribution >= 0.6 is 0 Å². The number of carbonyl (C=O) groups excluding carboxylic acids is 1. The molecule has 0 unspecified atom stereocenters. The van der Waals surface area contributed by atoms with E-state index in [1.54, 1.807) is 0 Å². The molecule has 86 valence electrons. The van der Waals surface area contributed by atoms with E-state index in [1.165, 1.54) is 0 Å². The van der Waals surface area contributed by atoms with Crippen LogP contribution < -0.4 is 5.32 Å². The fourth-order valence-corrected chi connectivity index (χ4v) is 0.945. The Kier molecular flexibility index (Phi) is 3.49. The van der Waals surface area contributed by atoms with E-state index in [0.29, 0.717) is 12.1 Å². The Morgan fingerprint density at radius 3 is 2.12 bits per heavy atom. The fourth-order valence-electron chi connectivity index (χ4n) is 0.945. The third kappa shape index (κ3) is 2.72. The molecule has 0 aromatic heterocycles. The van der Waals surface area contributed by atoms with Gasteiger partial charge in [-0.2, -0.15) is 0 Å². The normalized spacial score (nSPS) is 9.94. The maximum Gasteiger partial charge on any atom is 0.322 e. The second-order valence-electron chi connectivity index (χ2n) is 2.83. The average Bonchev–Trinajstić information content (AvgIpc) is 2.21. The smallest absolute Gasteiger partial charge is 0.322 e. The number of halogens is 3. The number of carboxylic acid groups (broad SMARTS) is 1. The van der Waals surface area contributed by atoms with E-state index >= 15 is 0 Å². The van der Waals surface area contributed by atoms with Gasteiger partial charge >= 0.3 is 5.97 Å². The number of amides is 1. The lowest BCUT2D eigenvalue weighted by Gasteiger charge is -2.03. The summed E-state index contributed by atoms with van der Waals surface area (Å²) in [7, 11) is 0. The van der Waals surface area contributed by atoms with E-state index in [-0.39, 0.29) is 0 Å². The van der Waals surface area contributed by atoms with Crippen molar-refractivity contribution in [1.29, 1.82) is 0 Å². The highest BCUT2D eigenvalue weighted by Crippen LogP contribution is 2.13. The molecule has 0 fully saturated rings. The molecule has 0 atom stereocenters. The Morgan fingerprint density at radius 2 is 1.69 bits per heavy atom. The molecule has 4 nitrogen and oxygen atoms in total. The van der Waals surface area contributed by atoms with Crippen LogP contribution in [0, 0.1) is 17.5 Å². The van der Waals surface area contributed by atoms with Gasteiger partial charge in [-0.3, -0.25) is 9.59 Å². The zero-order valence-corrected chi connectivity index (χ0v) is 7.76. The van der Waals surface area contributed by atoms with Gasteiger partial charge in [-0.15, -0.1) is 0 Å². The molecular weight excluding hydrogens is 227 g/mol. The summed E-state index contributed by atoms with van der Waals surface area (Å²) in [6.45, 7) is -0.695. The first-order chi connectivity index (χ1) is 7.41. The summed E-state index contributed by atoms with van der Waals surface area (Å²) in [5.41, 5.74) is -0.488. The van der Waals surface area contributed by atoms with E-state index in [2.05, 4.69) is 0 Å². The van der Waals surface area contributed by atoms with Crippen LogP contribution in [0.1, 0.15) is 10.4 Å². The van der Waals surface area contributed by atoms with Crippen molar-refractivity contribution in [2.45, 2.75) is 0 Å². The van der Waals surface area contributed by atoms with Gasteiger partial charge in [0.15, 0.2) is 17.5 Å². The second kappa shape index (κ2) is 4.65. The first kappa shape index (κ1) is 12.0. The monoisotopic (exact) mass is 233 g/mol. The number of carbonyl (C=O) groups is 2. The van der Waals surface area contributed by atoms with E-state index in [0.717, 1.165) is 0 Å². The van der Waals surface area contributed by atoms with E-state index in [4.69, 9.17) is 5.11 Å². The van der Waals surface area contributed by atoms with Gasteiger partial charge in [0, 0.05) is 5.56 Å². The summed E-state index contributed by atoms with van der Waals surface area (Å²) in [4.78, 5) is 21.2. The molecule has 0 spiro atoms. The topological polar surface area (TPSA) is 66.4 Å². The summed E-state index contributed by atoms with van der Waals surface area (Å²) in [5.74, 6) is -7.02. The predicted octanol–water partition coefficient (Wildman–Crippen LogP) is 0.918. The number of benzene rings is 1. The number of rotatable bonds is 3. The molecule has 0 heterocycles. The van der Waals surface area contributed by atoms with Gasteiger partial charge in [0.2, 0.25) is 0 Å². The summed E-state index contributed by atoms with van der Waals surface area (Å²) < 4.78 is 37.9. The highest BCUT2D eigenvalue weighted by atomic mass is 19.2. The number of hydrogen-bond donors (Lipinski definition) is 2. The SMILES string of the molecule is O=C(O)CNC(=O)c1cc(F)c(F)c(F)c1. The molecule has 7 heteroatoms. The second-order valence-corrected chi connectivity index (χ2v) is 2.83. The van der Waals surface area contributed by atoms with Crippen LogP contribution in [0.4, 0.5) is 13.2 Å². The van der Waals surface area contributed by atoms with E-state index in [1.807, 2.05) is 5.32 Å². The molecule has 0 aliphatic carbocycles. The quantitative estimate of drug-likeness (QED) is 0.763. The molecular formula is C9H6F3NO3. The summed E-state index contributed by atoms with van der Waals surface area (Å²) in [5, 5.41) is 10.1. The maximum absolute atomic E-state index is 12.7. The van der Waals surface area contributed by atoms with Gasteiger partial charge in [-0.05, 0) is 12.1 Å². The van der Waals surface area contributed by atoms with Crippen molar-refractivity contribution in [2.75, 3.05) is 6.54 Å². The Bertz CT molecular complexity index is 425. The van der Waals surface area contributed by atoms with Crippen LogP contribution in [-0.2, 0) is 4.79 Å². The zero-order chi connectivity index (χ0) is 12.3. The molecule has 1 aromatic rings. The standard InChI is InChI=1S/C9H6F3NO3/c10-5-1-4(2-6(11)8(5)12)9(16)13-3-7(14)15/h1-2H,3H2,(H,13,16)(H,14,15). The lowest BCUT2D eigenvalue weighted by atomic mass is 10.2. The lowest BCUT2D eigenvalue weighted by Crippen LogP contribution is -2.29. The molecule has 1 amide bonds. The van der Waals surface area contributed by atoms with Crippen molar-refractivity contribution >= 4 is 11.9 Å². The van der Waals surface area contributed by atoms with Gasteiger partial charge in [-0.25, -0.2) is 13.2 Å². The van der Waals surface area contributed by atoms with Crippen LogP contribution in [0.15, 0.2) is 12.1 Å². The Balaban J connectivity index is 2.88. The summed E-state index contributed by atoms with van der Waals surface area (Å²) >= 11 is 0. The van der Waals surface area contributed by atoms with E-state index in [9.17, 15) is 22.8 Å². The van der Waals surface area contributed by atoms with E-state index < -0.39 is 41.4 Å². The number of hydrogen-bond acceptors (Lipinski definition) is 2. The minimum Gasteiger partial charge on any atom is -0.480 e. The molecule has 0 saturated carbocycles. The van der Waals surface area contributed by atoms with Crippen molar-refractivity contribution in [3.63, 3.8) is 0 Å². The van der Waals surface area contributed by atoms with Gasteiger partial charge in [0.1, 0.15) is 6.54 Å². The van der Waals surface area contributed by atoms with Gasteiger partial charge < -0.3 is 10.4 Å². The number of aliphatic carboxylic acids is 1. The fraction of sp³-hybridized carbons (Fsp3) is 0.111.